The maximum absolute atomic E-state index is 12.7. The smallest absolute Gasteiger partial charge is 0.252 e. The summed E-state index contributed by atoms with van der Waals surface area (Å²) in [6.45, 7) is 3.68. The van der Waals surface area contributed by atoms with Gasteiger partial charge in [0.1, 0.15) is 12.4 Å². The standard InChI is InChI=1S/C18H25N3O4S/c19-18(22)16-9-15(26(23,24)21-7-1-2-8-21)5-6-17(16)25-12-14-11-20(14)10-13-3-4-13/h5-6,9,13-14H,1-4,7-8,10-12H2,(H2,19,22). The molecule has 4 rings (SSSR count). The second-order valence-corrected chi connectivity index (χ2v) is 9.43. The lowest BCUT2D eigenvalue weighted by atomic mass is 10.2. The van der Waals surface area contributed by atoms with Crippen LogP contribution >= 0.6 is 0 Å². The van der Waals surface area contributed by atoms with Crippen LogP contribution in [0, 0.1) is 5.92 Å². The maximum Gasteiger partial charge on any atom is 0.252 e. The molecule has 2 N–H and O–H groups in total. The predicted molar refractivity (Wildman–Crippen MR) is 96.5 cm³/mol. The number of primary amides is 1. The van der Waals surface area contributed by atoms with Crippen molar-refractivity contribution in [1.82, 2.24) is 9.21 Å². The van der Waals surface area contributed by atoms with Gasteiger partial charge in [-0.15, -0.1) is 0 Å². The minimum atomic E-state index is -3.58. The van der Waals surface area contributed by atoms with Crippen molar-refractivity contribution in [2.45, 2.75) is 36.6 Å². The molecule has 142 valence electrons. The maximum atomic E-state index is 12.7. The summed E-state index contributed by atoms with van der Waals surface area (Å²) in [5.74, 6) is 0.525. The van der Waals surface area contributed by atoms with E-state index in [1.54, 1.807) is 6.07 Å². The summed E-state index contributed by atoms with van der Waals surface area (Å²) >= 11 is 0. The van der Waals surface area contributed by atoms with Crippen LogP contribution in [-0.4, -0.2) is 62.4 Å². The number of nitrogens with two attached hydrogens (primary N) is 1. The van der Waals surface area contributed by atoms with Crippen LogP contribution in [0.25, 0.3) is 0 Å². The normalized spacial score (nSPS) is 26.0. The van der Waals surface area contributed by atoms with Crippen LogP contribution in [0.15, 0.2) is 23.1 Å². The highest BCUT2D eigenvalue weighted by Gasteiger charge is 2.38. The van der Waals surface area contributed by atoms with E-state index in [-0.39, 0.29) is 10.5 Å². The van der Waals surface area contributed by atoms with E-state index in [0.717, 1.165) is 31.8 Å². The van der Waals surface area contributed by atoms with Gasteiger partial charge in [0, 0.05) is 26.2 Å². The summed E-state index contributed by atoms with van der Waals surface area (Å²) in [6.07, 6.45) is 4.37. The molecular weight excluding hydrogens is 354 g/mol. The summed E-state index contributed by atoms with van der Waals surface area (Å²) in [5.41, 5.74) is 5.59. The molecule has 3 fully saturated rings. The van der Waals surface area contributed by atoms with Crippen LogP contribution in [0.1, 0.15) is 36.0 Å². The Hall–Kier alpha value is -1.64. The molecule has 2 aliphatic heterocycles. The first-order valence-electron chi connectivity index (χ1n) is 9.26. The van der Waals surface area contributed by atoms with Crippen LogP contribution in [0.2, 0.25) is 0 Å². The molecule has 26 heavy (non-hydrogen) atoms. The van der Waals surface area contributed by atoms with Gasteiger partial charge < -0.3 is 10.5 Å². The van der Waals surface area contributed by atoms with Crippen LogP contribution in [0.4, 0.5) is 0 Å². The van der Waals surface area contributed by atoms with Gasteiger partial charge in [-0.25, -0.2) is 8.42 Å². The molecule has 2 atom stereocenters. The van der Waals surface area contributed by atoms with Crippen molar-refractivity contribution in [3.05, 3.63) is 23.8 Å². The number of benzene rings is 1. The van der Waals surface area contributed by atoms with Crippen molar-refractivity contribution in [1.29, 1.82) is 0 Å². The van der Waals surface area contributed by atoms with Gasteiger partial charge in [-0.2, -0.15) is 4.31 Å². The van der Waals surface area contributed by atoms with Crippen molar-refractivity contribution < 1.29 is 17.9 Å². The third-order valence-corrected chi connectivity index (χ3v) is 7.26. The summed E-state index contributed by atoms with van der Waals surface area (Å²) in [5, 5.41) is 0. The van der Waals surface area contributed by atoms with Gasteiger partial charge in [-0.1, -0.05) is 0 Å². The molecule has 8 heteroatoms. The van der Waals surface area contributed by atoms with Crippen molar-refractivity contribution in [2.75, 3.05) is 32.8 Å². The average Bonchev–Trinajstić information content (AvgIpc) is 3.52. The molecule has 1 amide bonds. The summed E-state index contributed by atoms with van der Waals surface area (Å²) in [4.78, 5) is 14.3. The molecule has 1 saturated carbocycles. The van der Waals surface area contributed by atoms with Crippen LogP contribution in [0.5, 0.6) is 5.75 Å². The second-order valence-electron chi connectivity index (χ2n) is 7.50. The third-order valence-electron chi connectivity index (χ3n) is 5.37. The Labute approximate surface area is 154 Å². The topological polar surface area (TPSA) is 92.7 Å². The second kappa shape index (κ2) is 6.83. The highest BCUT2D eigenvalue weighted by atomic mass is 32.2. The van der Waals surface area contributed by atoms with Crippen LogP contribution < -0.4 is 10.5 Å². The van der Waals surface area contributed by atoms with Gasteiger partial charge in [-0.05, 0) is 49.8 Å². The van der Waals surface area contributed by atoms with E-state index in [9.17, 15) is 13.2 Å². The Morgan fingerprint density at radius 2 is 1.96 bits per heavy atom. The number of hydrogen-bond acceptors (Lipinski definition) is 5. The lowest BCUT2D eigenvalue weighted by Crippen LogP contribution is -2.28. The molecule has 7 nitrogen and oxygen atoms in total. The van der Waals surface area contributed by atoms with Gasteiger partial charge in [0.05, 0.1) is 16.5 Å². The highest BCUT2D eigenvalue weighted by Crippen LogP contribution is 2.34. The zero-order valence-corrected chi connectivity index (χ0v) is 15.6. The molecule has 2 unspecified atom stereocenters. The fourth-order valence-electron chi connectivity index (χ4n) is 3.49. The van der Waals surface area contributed by atoms with E-state index in [1.165, 1.54) is 29.3 Å². The molecule has 1 aliphatic carbocycles. The minimum Gasteiger partial charge on any atom is -0.491 e. The zero-order valence-electron chi connectivity index (χ0n) is 14.8. The third kappa shape index (κ3) is 3.72. The number of amides is 1. The molecule has 0 aromatic heterocycles. The van der Waals surface area contributed by atoms with Crippen molar-refractivity contribution in [3.63, 3.8) is 0 Å². The monoisotopic (exact) mass is 379 g/mol. The molecular formula is C18H25N3O4S. The van der Waals surface area contributed by atoms with Gasteiger partial charge >= 0.3 is 0 Å². The van der Waals surface area contributed by atoms with E-state index >= 15 is 0 Å². The van der Waals surface area contributed by atoms with E-state index < -0.39 is 15.9 Å². The van der Waals surface area contributed by atoms with E-state index in [1.807, 2.05) is 0 Å². The van der Waals surface area contributed by atoms with Crippen LogP contribution in [-0.2, 0) is 10.0 Å². The number of rotatable bonds is 8. The molecule has 1 aromatic carbocycles. The number of carbonyl (C=O) groups is 1. The van der Waals surface area contributed by atoms with Crippen LogP contribution in [0.3, 0.4) is 0 Å². The molecule has 2 saturated heterocycles. The Balaban J connectivity index is 1.46. The first-order chi connectivity index (χ1) is 12.4. The van der Waals surface area contributed by atoms with Crippen molar-refractivity contribution in [2.24, 2.45) is 11.7 Å². The molecule has 0 radical (unpaired) electrons. The highest BCUT2D eigenvalue weighted by molar-refractivity contribution is 7.89. The van der Waals surface area contributed by atoms with Gasteiger partial charge in [0.15, 0.2) is 0 Å². The van der Waals surface area contributed by atoms with E-state index in [2.05, 4.69) is 4.90 Å². The molecule has 0 bridgehead atoms. The lowest BCUT2D eigenvalue weighted by molar-refractivity contribution is 0.0996. The summed E-state index contributed by atoms with van der Waals surface area (Å²) in [6, 6.07) is 4.78. The first kappa shape index (κ1) is 17.8. The Kier molecular flexibility index (Phi) is 4.66. The predicted octanol–water partition coefficient (Wildman–Crippen LogP) is 1.04. The summed E-state index contributed by atoms with van der Waals surface area (Å²) in [7, 11) is -3.58. The van der Waals surface area contributed by atoms with E-state index in [4.69, 9.17) is 10.5 Å². The number of carbonyl (C=O) groups excluding carboxylic acids is 1. The van der Waals surface area contributed by atoms with Crippen molar-refractivity contribution in [3.8, 4) is 5.75 Å². The fraction of sp³-hybridized carbons (Fsp3) is 0.611. The number of ether oxygens (including phenoxy) is 1. The Bertz CT molecular complexity index is 801. The van der Waals surface area contributed by atoms with Gasteiger partial charge in [0.25, 0.3) is 5.91 Å². The van der Waals surface area contributed by atoms with Crippen molar-refractivity contribution >= 4 is 15.9 Å². The number of hydrogen-bond donors (Lipinski definition) is 1. The molecule has 3 aliphatic rings. The molecule has 0 spiro atoms. The Morgan fingerprint density at radius 1 is 1.23 bits per heavy atom. The van der Waals surface area contributed by atoms with Gasteiger partial charge in [-0.3, -0.25) is 9.69 Å². The quantitative estimate of drug-likeness (QED) is 0.682. The van der Waals surface area contributed by atoms with Gasteiger partial charge in [0.2, 0.25) is 10.0 Å². The number of sulfonamides is 1. The first-order valence-corrected chi connectivity index (χ1v) is 10.7. The Morgan fingerprint density at radius 3 is 2.62 bits per heavy atom. The lowest BCUT2D eigenvalue weighted by Gasteiger charge is -2.17. The largest absolute Gasteiger partial charge is 0.491 e. The summed E-state index contributed by atoms with van der Waals surface area (Å²) < 4.78 is 32.6. The average molecular weight is 379 g/mol. The zero-order chi connectivity index (χ0) is 18.3. The SMILES string of the molecule is NC(=O)c1cc(S(=O)(=O)N2CCCC2)ccc1OCC1CN1CC1CC1. The minimum absolute atomic E-state index is 0.0994. The fourth-order valence-corrected chi connectivity index (χ4v) is 5.03. The number of nitrogens with zero attached hydrogens (tertiary/aromatic N) is 2. The molecule has 2 heterocycles. The molecule has 1 aromatic rings. The van der Waals surface area contributed by atoms with E-state index in [0.29, 0.717) is 31.5 Å².